The summed E-state index contributed by atoms with van der Waals surface area (Å²) in [6, 6.07) is 7.83. The van der Waals surface area contributed by atoms with E-state index >= 15 is 0 Å². The van der Waals surface area contributed by atoms with Crippen LogP contribution in [0.15, 0.2) is 29.3 Å². The number of hydrogen-bond donors (Lipinski definition) is 1. The second-order valence-corrected chi connectivity index (χ2v) is 2.44. The zero-order valence-electron chi connectivity index (χ0n) is 6.46. The zero-order valence-corrected chi connectivity index (χ0v) is 6.46. The van der Waals surface area contributed by atoms with Crippen LogP contribution >= 0.6 is 0 Å². The smallest absolute Gasteiger partial charge is 0.0422 e. The Morgan fingerprint density at radius 2 is 1.91 bits per heavy atom. The van der Waals surface area contributed by atoms with Crippen LogP contribution in [0.3, 0.4) is 0 Å². The molecule has 0 aliphatic heterocycles. The van der Waals surface area contributed by atoms with Gasteiger partial charge in [-0.25, -0.2) is 0 Å². The highest BCUT2D eigenvalue weighted by atomic mass is 14.7. The van der Waals surface area contributed by atoms with Crippen molar-refractivity contribution in [3.8, 4) is 0 Å². The maximum atomic E-state index is 5.52. The minimum atomic E-state index is 0.782. The molecule has 0 unspecified atom stereocenters. The molecule has 0 heterocycles. The Balaban J connectivity index is 2.58. The first-order valence-electron chi connectivity index (χ1n) is 3.60. The molecule has 0 spiro atoms. The standard InChI is InChI=1S/C9H12N2/c1-11-7-6-8-2-4-9(10)5-3-8/h2-5H,1,6-7,10H2. The van der Waals surface area contributed by atoms with E-state index in [-0.39, 0.29) is 0 Å². The first-order valence-corrected chi connectivity index (χ1v) is 3.60. The molecule has 1 aromatic rings. The summed E-state index contributed by atoms with van der Waals surface area (Å²) in [6.45, 7) is 4.20. The molecule has 0 aliphatic rings. The van der Waals surface area contributed by atoms with Gasteiger partial charge in [-0.1, -0.05) is 12.1 Å². The van der Waals surface area contributed by atoms with Crippen molar-refractivity contribution in [3.63, 3.8) is 0 Å². The normalized spacial score (nSPS) is 9.45. The predicted molar refractivity (Wildman–Crippen MR) is 49.0 cm³/mol. The molecule has 0 atom stereocenters. The number of rotatable bonds is 3. The Hall–Kier alpha value is -1.31. The molecule has 0 aromatic heterocycles. The van der Waals surface area contributed by atoms with Gasteiger partial charge in [-0.2, -0.15) is 0 Å². The molecule has 0 amide bonds. The van der Waals surface area contributed by atoms with Crippen molar-refractivity contribution >= 4 is 12.4 Å². The van der Waals surface area contributed by atoms with Crippen molar-refractivity contribution in [2.75, 3.05) is 12.3 Å². The molecule has 2 nitrogen and oxygen atoms in total. The van der Waals surface area contributed by atoms with E-state index in [0.717, 1.165) is 18.7 Å². The van der Waals surface area contributed by atoms with Gasteiger partial charge in [-0.05, 0) is 30.8 Å². The predicted octanol–water partition coefficient (Wildman–Crippen LogP) is 1.51. The summed E-state index contributed by atoms with van der Waals surface area (Å²) in [7, 11) is 0. The fourth-order valence-electron chi connectivity index (χ4n) is 0.892. The maximum Gasteiger partial charge on any atom is 0.0422 e. The quantitative estimate of drug-likeness (QED) is 0.512. The lowest BCUT2D eigenvalue weighted by molar-refractivity contribution is 0.977. The summed E-state index contributed by atoms with van der Waals surface area (Å²) in [4.78, 5) is 3.77. The van der Waals surface area contributed by atoms with E-state index in [4.69, 9.17) is 5.73 Å². The number of nitrogens with zero attached hydrogens (tertiary/aromatic N) is 1. The molecule has 0 aliphatic carbocycles. The van der Waals surface area contributed by atoms with Crippen molar-refractivity contribution < 1.29 is 0 Å². The van der Waals surface area contributed by atoms with Crippen LogP contribution in [0.1, 0.15) is 5.56 Å². The number of nitrogen functional groups attached to an aromatic ring is 1. The largest absolute Gasteiger partial charge is 0.399 e. The average molecular weight is 148 g/mol. The zero-order chi connectivity index (χ0) is 8.10. The fourth-order valence-corrected chi connectivity index (χ4v) is 0.892. The molecule has 1 rings (SSSR count). The lowest BCUT2D eigenvalue weighted by Crippen LogP contribution is -1.89. The van der Waals surface area contributed by atoms with Gasteiger partial charge in [0.25, 0.3) is 0 Å². The number of aliphatic imine (C=N–C) groups is 1. The highest BCUT2D eigenvalue weighted by Gasteiger charge is 1.89. The Bertz CT molecular complexity index is 226. The van der Waals surface area contributed by atoms with Crippen LogP contribution < -0.4 is 5.73 Å². The minimum Gasteiger partial charge on any atom is -0.399 e. The SMILES string of the molecule is C=NCCc1ccc(N)cc1. The Morgan fingerprint density at radius 3 is 2.45 bits per heavy atom. The van der Waals surface area contributed by atoms with Crippen LogP contribution in [0.2, 0.25) is 0 Å². The summed E-state index contributed by atoms with van der Waals surface area (Å²) >= 11 is 0. The molecular weight excluding hydrogens is 136 g/mol. The molecule has 58 valence electrons. The van der Waals surface area contributed by atoms with Gasteiger partial charge in [0.15, 0.2) is 0 Å². The van der Waals surface area contributed by atoms with Gasteiger partial charge < -0.3 is 10.7 Å². The van der Waals surface area contributed by atoms with E-state index in [1.54, 1.807) is 0 Å². The third-order valence-electron chi connectivity index (χ3n) is 1.54. The van der Waals surface area contributed by atoms with Gasteiger partial charge in [0.2, 0.25) is 0 Å². The Kier molecular flexibility index (Phi) is 2.66. The fraction of sp³-hybridized carbons (Fsp3) is 0.222. The molecular formula is C9H12N2. The van der Waals surface area contributed by atoms with Crippen LogP contribution in [-0.2, 0) is 6.42 Å². The van der Waals surface area contributed by atoms with Crippen molar-refractivity contribution in [3.05, 3.63) is 29.8 Å². The van der Waals surface area contributed by atoms with Gasteiger partial charge >= 0.3 is 0 Å². The second-order valence-electron chi connectivity index (χ2n) is 2.44. The van der Waals surface area contributed by atoms with Crippen LogP contribution in [0.25, 0.3) is 0 Å². The molecule has 2 N–H and O–H groups in total. The number of hydrogen-bond acceptors (Lipinski definition) is 2. The Morgan fingerprint density at radius 1 is 1.27 bits per heavy atom. The van der Waals surface area contributed by atoms with Crippen molar-refractivity contribution in [1.29, 1.82) is 0 Å². The monoisotopic (exact) mass is 148 g/mol. The molecule has 0 fully saturated rings. The number of anilines is 1. The van der Waals surface area contributed by atoms with E-state index < -0.39 is 0 Å². The lowest BCUT2D eigenvalue weighted by Gasteiger charge is -1.97. The van der Waals surface area contributed by atoms with Crippen LogP contribution in [0.5, 0.6) is 0 Å². The van der Waals surface area contributed by atoms with Gasteiger partial charge in [0.05, 0.1) is 0 Å². The van der Waals surface area contributed by atoms with Gasteiger partial charge in [-0.15, -0.1) is 0 Å². The van der Waals surface area contributed by atoms with Crippen LogP contribution in [0, 0.1) is 0 Å². The molecule has 0 bridgehead atoms. The molecule has 2 heteroatoms. The van der Waals surface area contributed by atoms with Crippen molar-refractivity contribution in [1.82, 2.24) is 0 Å². The van der Waals surface area contributed by atoms with Crippen LogP contribution in [0.4, 0.5) is 5.69 Å². The highest BCUT2D eigenvalue weighted by Crippen LogP contribution is 2.05. The van der Waals surface area contributed by atoms with Gasteiger partial charge in [-0.3, -0.25) is 0 Å². The third kappa shape index (κ3) is 2.42. The molecule has 11 heavy (non-hydrogen) atoms. The van der Waals surface area contributed by atoms with E-state index in [0.29, 0.717) is 0 Å². The summed E-state index contributed by atoms with van der Waals surface area (Å²) < 4.78 is 0. The Labute approximate surface area is 66.8 Å². The third-order valence-corrected chi connectivity index (χ3v) is 1.54. The van der Waals surface area contributed by atoms with E-state index in [9.17, 15) is 0 Å². The van der Waals surface area contributed by atoms with E-state index in [1.165, 1.54) is 5.56 Å². The second kappa shape index (κ2) is 3.76. The number of nitrogens with two attached hydrogens (primary N) is 1. The number of benzene rings is 1. The van der Waals surface area contributed by atoms with Gasteiger partial charge in [0, 0.05) is 12.2 Å². The van der Waals surface area contributed by atoms with Crippen LogP contribution in [-0.4, -0.2) is 13.3 Å². The highest BCUT2D eigenvalue weighted by molar-refractivity contribution is 5.39. The lowest BCUT2D eigenvalue weighted by atomic mass is 10.1. The summed E-state index contributed by atoms with van der Waals surface area (Å²) in [6.07, 6.45) is 0.948. The minimum absolute atomic E-state index is 0.782. The first kappa shape index (κ1) is 7.79. The maximum absolute atomic E-state index is 5.52. The summed E-state index contributed by atoms with van der Waals surface area (Å²) in [5.41, 5.74) is 7.58. The van der Waals surface area contributed by atoms with E-state index in [1.807, 2.05) is 24.3 Å². The van der Waals surface area contributed by atoms with E-state index in [2.05, 4.69) is 11.7 Å². The van der Waals surface area contributed by atoms with Crippen molar-refractivity contribution in [2.24, 2.45) is 4.99 Å². The van der Waals surface area contributed by atoms with Crippen molar-refractivity contribution in [2.45, 2.75) is 6.42 Å². The molecule has 0 saturated carbocycles. The summed E-state index contributed by atoms with van der Waals surface area (Å²) in [5.74, 6) is 0. The molecule has 0 saturated heterocycles. The average Bonchev–Trinajstić information content (AvgIpc) is 2.04. The topological polar surface area (TPSA) is 38.4 Å². The first-order chi connectivity index (χ1) is 5.33. The summed E-state index contributed by atoms with van der Waals surface area (Å²) in [5, 5.41) is 0. The molecule has 0 radical (unpaired) electrons. The molecule has 1 aromatic carbocycles. The van der Waals surface area contributed by atoms with Gasteiger partial charge in [0.1, 0.15) is 0 Å².